The average molecular weight is 333 g/mol. The summed E-state index contributed by atoms with van der Waals surface area (Å²) in [6, 6.07) is 7.25. The number of likely N-dealkylation sites (tertiary alicyclic amines) is 1. The lowest BCUT2D eigenvalue weighted by atomic mass is 9.97. The number of carbonyl (C=O) groups is 1. The Morgan fingerprint density at radius 1 is 1.45 bits per heavy atom. The van der Waals surface area contributed by atoms with Crippen LogP contribution < -0.4 is 4.74 Å². The number of amides is 1. The van der Waals surface area contributed by atoms with Crippen molar-refractivity contribution in [3.8, 4) is 5.75 Å². The quantitative estimate of drug-likeness (QED) is 0.789. The highest BCUT2D eigenvalue weighted by Gasteiger charge is 2.42. The highest BCUT2D eigenvalue weighted by Crippen LogP contribution is 2.33. The lowest BCUT2D eigenvalue weighted by Crippen LogP contribution is -2.45. The fraction of sp³-hybridized carbons (Fsp3) is 0.533. The molecule has 2 rings (SSSR count). The van der Waals surface area contributed by atoms with Gasteiger partial charge in [-0.15, -0.1) is 11.8 Å². The minimum atomic E-state index is -4.22. The van der Waals surface area contributed by atoms with E-state index < -0.39 is 12.1 Å². The summed E-state index contributed by atoms with van der Waals surface area (Å²) in [6.45, 7) is 0.186. The van der Waals surface area contributed by atoms with Crippen LogP contribution in [0.2, 0.25) is 0 Å². The predicted molar refractivity (Wildman–Crippen MR) is 79.1 cm³/mol. The summed E-state index contributed by atoms with van der Waals surface area (Å²) in [5, 5.41) is 0. The molecule has 0 radical (unpaired) electrons. The average Bonchev–Trinajstić information content (AvgIpc) is 2.52. The maximum absolute atomic E-state index is 12.8. The smallest absolute Gasteiger partial charge is 0.393 e. The van der Waals surface area contributed by atoms with Crippen LogP contribution in [0.4, 0.5) is 13.2 Å². The van der Waals surface area contributed by atoms with Gasteiger partial charge in [-0.25, -0.2) is 0 Å². The van der Waals surface area contributed by atoms with Crippen LogP contribution in [0.15, 0.2) is 29.2 Å². The zero-order valence-corrected chi connectivity index (χ0v) is 13.0. The summed E-state index contributed by atoms with van der Waals surface area (Å²) < 4.78 is 43.4. The van der Waals surface area contributed by atoms with Gasteiger partial charge in [-0.3, -0.25) is 4.79 Å². The van der Waals surface area contributed by atoms with Crippen LogP contribution in [0.25, 0.3) is 0 Å². The van der Waals surface area contributed by atoms with Crippen molar-refractivity contribution in [2.75, 3.05) is 26.0 Å². The molecule has 1 amide bonds. The summed E-state index contributed by atoms with van der Waals surface area (Å²) in [4.78, 5) is 14.3. The molecule has 3 nitrogen and oxygen atoms in total. The molecule has 1 atom stereocenters. The van der Waals surface area contributed by atoms with Gasteiger partial charge in [0.15, 0.2) is 0 Å². The van der Waals surface area contributed by atoms with E-state index in [-0.39, 0.29) is 24.6 Å². The van der Waals surface area contributed by atoms with E-state index in [1.807, 2.05) is 12.1 Å². The molecule has 0 unspecified atom stereocenters. The van der Waals surface area contributed by atoms with Crippen molar-refractivity contribution in [3.63, 3.8) is 0 Å². The van der Waals surface area contributed by atoms with Gasteiger partial charge in [0, 0.05) is 18.0 Å². The third-order valence-corrected chi connectivity index (χ3v) is 4.62. The van der Waals surface area contributed by atoms with E-state index in [1.165, 1.54) is 16.7 Å². The van der Waals surface area contributed by atoms with Gasteiger partial charge >= 0.3 is 6.18 Å². The minimum absolute atomic E-state index is 0.107. The third kappa shape index (κ3) is 4.56. The Balaban J connectivity index is 1.89. The van der Waals surface area contributed by atoms with Crippen LogP contribution in [-0.4, -0.2) is 42.9 Å². The number of ether oxygens (including phenoxy) is 1. The van der Waals surface area contributed by atoms with Gasteiger partial charge in [-0.1, -0.05) is 6.07 Å². The largest absolute Gasteiger partial charge is 0.497 e. The first-order chi connectivity index (χ1) is 10.4. The number of nitrogens with zero attached hydrogens (tertiary/aromatic N) is 1. The Hall–Kier alpha value is -1.37. The Kier molecular flexibility index (Phi) is 5.61. The second-order valence-corrected chi connectivity index (χ2v) is 6.24. The minimum Gasteiger partial charge on any atom is -0.497 e. The van der Waals surface area contributed by atoms with E-state index in [4.69, 9.17) is 4.74 Å². The summed E-state index contributed by atoms with van der Waals surface area (Å²) in [5.41, 5.74) is 0. The first kappa shape index (κ1) is 17.0. The molecule has 1 aliphatic rings. The van der Waals surface area contributed by atoms with Gasteiger partial charge in [0.2, 0.25) is 5.91 Å². The first-order valence-corrected chi connectivity index (χ1v) is 8.00. The maximum atomic E-state index is 12.8. The van der Waals surface area contributed by atoms with Gasteiger partial charge in [-0.2, -0.15) is 13.2 Å². The Bertz CT molecular complexity index is 522. The molecule has 0 spiro atoms. The van der Waals surface area contributed by atoms with Gasteiger partial charge < -0.3 is 9.64 Å². The number of alkyl halides is 3. The molecule has 1 aromatic rings. The standard InChI is InChI=1S/C15H18F3NO2S/c1-21-12-5-2-6-13(8-12)22-10-14(20)19-7-3-4-11(9-19)15(16,17)18/h2,5-6,8,11H,3-4,7,9-10H2,1H3/t11-/m1/s1. The zero-order valence-electron chi connectivity index (χ0n) is 12.2. The maximum Gasteiger partial charge on any atom is 0.393 e. The molecule has 22 heavy (non-hydrogen) atoms. The number of thioether (sulfide) groups is 1. The van der Waals surface area contributed by atoms with Crippen LogP contribution in [0.3, 0.4) is 0 Å². The lowest BCUT2D eigenvalue weighted by Gasteiger charge is -2.33. The summed E-state index contributed by atoms with van der Waals surface area (Å²) in [7, 11) is 1.56. The predicted octanol–water partition coefficient (Wildman–Crippen LogP) is 3.59. The van der Waals surface area contributed by atoms with Crippen LogP contribution in [0, 0.1) is 5.92 Å². The molecule has 1 aromatic carbocycles. The third-order valence-electron chi connectivity index (χ3n) is 3.64. The van der Waals surface area contributed by atoms with E-state index in [0.717, 1.165) is 4.90 Å². The van der Waals surface area contributed by atoms with Gasteiger partial charge in [-0.05, 0) is 31.0 Å². The van der Waals surface area contributed by atoms with Crippen molar-refractivity contribution >= 4 is 17.7 Å². The van der Waals surface area contributed by atoms with Crippen molar-refractivity contribution in [2.24, 2.45) is 5.92 Å². The van der Waals surface area contributed by atoms with Crippen molar-refractivity contribution in [1.29, 1.82) is 0 Å². The molecule has 7 heteroatoms. The number of piperidine rings is 1. The number of carbonyl (C=O) groups excluding carboxylic acids is 1. The fourth-order valence-electron chi connectivity index (χ4n) is 2.40. The Morgan fingerprint density at radius 3 is 2.91 bits per heavy atom. The number of hydrogen-bond donors (Lipinski definition) is 0. The molecule has 1 saturated heterocycles. The SMILES string of the molecule is COc1cccc(SCC(=O)N2CCC[C@@H](C(F)(F)F)C2)c1. The van der Waals surface area contributed by atoms with Crippen LogP contribution in [-0.2, 0) is 4.79 Å². The number of hydrogen-bond acceptors (Lipinski definition) is 3. The Morgan fingerprint density at radius 2 is 2.23 bits per heavy atom. The summed E-state index contributed by atoms with van der Waals surface area (Å²) in [6.07, 6.45) is -3.71. The van der Waals surface area contributed by atoms with Crippen LogP contribution in [0.1, 0.15) is 12.8 Å². The molecule has 1 fully saturated rings. The number of halogens is 3. The normalized spacial score (nSPS) is 19.1. The highest BCUT2D eigenvalue weighted by atomic mass is 32.2. The number of rotatable bonds is 4. The molecule has 0 aromatic heterocycles. The highest BCUT2D eigenvalue weighted by molar-refractivity contribution is 8.00. The molecule has 0 N–H and O–H groups in total. The molecule has 1 aliphatic heterocycles. The summed E-state index contributed by atoms with van der Waals surface area (Å²) >= 11 is 1.31. The van der Waals surface area contributed by atoms with Gasteiger partial charge in [0.25, 0.3) is 0 Å². The van der Waals surface area contributed by atoms with E-state index in [2.05, 4.69) is 0 Å². The monoisotopic (exact) mass is 333 g/mol. The molecular formula is C15H18F3NO2S. The Labute approximate surface area is 131 Å². The molecule has 0 saturated carbocycles. The molecule has 0 bridgehead atoms. The van der Waals surface area contributed by atoms with Gasteiger partial charge in [0.05, 0.1) is 18.8 Å². The van der Waals surface area contributed by atoms with Crippen molar-refractivity contribution in [3.05, 3.63) is 24.3 Å². The fourth-order valence-corrected chi connectivity index (χ4v) is 3.25. The molecule has 0 aliphatic carbocycles. The molecule has 122 valence electrons. The number of benzene rings is 1. The topological polar surface area (TPSA) is 29.5 Å². The van der Waals surface area contributed by atoms with Crippen LogP contribution >= 0.6 is 11.8 Å². The zero-order chi connectivity index (χ0) is 16.2. The van der Waals surface area contributed by atoms with E-state index >= 15 is 0 Å². The van der Waals surface area contributed by atoms with Crippen molar-refractivity contribution < 1.29 is 22.7 Å². The molecule has 1 heterocycles. The van der Waals surface area contributed by atoms with Gasteiger partial charge in [0.1, 0.15) is 5.75 Å². The number of methoxy groups -OCH3 is 1. The molecular weight excluding hydrogens is 315 g/mol. The van der Waals surface area contributed by atoms with Crippen molar-refractivity contribution in [1.82, 2.24) is 4.90 Å². The van der Waals surface area contributed by atoms with E-state index in [0.29, 0.717) is 18.7 Å². The second kappa shape index (κ2) is 7.26. The lowest BCUT2D eigenvalue weighted by molar-refractivity contribution is -0.187. The van der Waals surface area contributed by atoms with Crippen LogP contribution in [0.5, 0.6) is 5.75 Å². The van der Waals surface area contributed by atoms with E-state index in [9.17, 15) is 18.0 Å². The second-order valence-electron chi connectivity index (χ2n) is 5.19. The summed E-state index contributed by atoms with van der Waals surface area (Å²) in [5.74, 6) is -0.820. The first-order valence-electron chi connectivity index (χ1n) is 7.01. The van der Waals surface area contributed by atoms with Crippen molar-refractivity contribution in [2.45, 2.75) is 23.9 Å². The van der Waals surface area contributed by atoms with E-state index in [1.54, 1.807) is 19.2 Å².